The summed E-state index contributed by atoms with van der Waals surface area (Å²) < 4.78 is 38.7. The summed E-state index contributed by atoms with van der Waals surface area (Å²) >= 11 is 0. The van der Waals surface area contributed by atoms with Crippen molar-refractivity contribution in [1.29, 1.82) is 0 Å². The lowest BCUT2D eigenvalue weighted by atomic mass is 10.00. The second-order valence-electron chi connectivity index (χ2n) is 6.97. The minimum atomic E-state index is -4.56. The number of halogens is 3. The number of aryl methyl sites for hydroxylation is 1. The Morgan fingerprint density at radius 2 is 2.03 bits per heavy atom. The predicted octanol–water partition coefficient (Wildman–Crippen LogP) is 4.07. The Labute approximate surface area is 165 Å². The van der Waals surface area contributed by atoms with Crippen LogP contribution in [0.3, 0.4) is 0 Å². The number of rotatable bonds is 3. The number of amides is 1. The van der Waals surface area contributed by atoms with Gasteiger partial charge in [-0.25, -0.2) is 4.98 Å². The third kappa shape index (κ3) is 4.47. The Kier molecular flexibility index (Phi) is 5.45. The smallest absolute Gasteiger partial charge is 0.416 e. The lowest BCUT2D eigenvalue weighted by molar-refractivity contribution is -0.137. The van der Waals surface area contributed by atoms with Gasteiger partial charge in [-0.2, -0.15) is 23.4 Å². The fourth-order valence-electron chi connectivity index (χ4n) is 3.19. The number of carbonyl (C=O) groups is 1. The Morgan fingerprint density at radius 3 is 2.62 bits per heavy atom. The molecule has 1 aromatic carbocycles. The first-order valence-corrected chi connectivity index (χ1v) is 8.88. The third-order valence-electron chi connectivity index (χ3n) is 4.73. The van der Waals surface area contributed by atoms with E-state index in [1.165, 1.54) is 19.1 Å². The number of alkyl halides is 3. The maximum atomic E-state index is 12.9. The first kappa shape index (κ1) is 20.6. The molecule has 0 radical (unpaired) electrons. The van der Waals surface area contributed by atoms with Crippen molar-refractivity contribution in [3.63, 3.8) is 0 Å². The Bertz CT molecular complexity index is 952. The number of azo groups is 1. The number of pyridine rings is 1. The molecule has 2 heterocycles. The normalized spacial score (nSPS) is 17.9. The van der Waals surface area contributed by atoms with Crippen LogP contribution < -0.4 is 5.73 Å². The summed E-state index contributed by atoms with van der Waals surface area (Å²) in [6.45, 7) is 1.92. The largest absolute Gasteiger partial charge is 0.507 e. The van der Waals surface area contributed by atoms with Gasteiger partial charge in [0.15, 0.2) is 5.82 Å². The summed E-state index contributed by atoms with van der Waals surface area (Å²) in [5.74, 6) is -0.438. The third-order valence-corrected chi connectivity index (χ3v) is 4.73. The van der Waals surface area contributed by atoms with Crippen molar-refractivity contribution in [2.75, 3.05) is 19.3 Å². The van der Waals surface area contributed by atoms with Gasteiger partial charge in [-0.3, -0.25) is 4.79 Å². The minimum Gasteiger partial charge on any atom is -0.507 e. The van der Waals surface area contributed by atoms with Crippen LogP contribution in [0.1, 0.15) is 24.0 Å². The van der Waals surface area contributed by atoms with Crippen LogP contribution in [-0.4, -0.2) is 40.5 Å². The van der Waals surface area contributed by atoms with Crippen molar-refractivity contribution in [2.24, 2.45) is 10.2 Å². The Hall–Kier alpha value is -3.17. The monoisotopic (exact) mass is 407 g/mol. The Balaban J connectivity index is 1.85. The molecular weight excluding hydrogens is 387 g/mol. The van der Waals surface area contributed by atoms with Crippen LogP contribution >= 0.6 is 0 Å². The highest BCUT2D eigenvalue weighted by Crippen LogP contribution is 2.39. The first-order chi connectivity index (χ1) is 13.6. The fraction of sp³-hybridized carbons (Fsp3) is 0.368. The topological polar surface area (TPSA) is 104 Å². The van der Waals surface area contributed by atoms with Gasteiger partial charge in [0, 0.05) is 25.6 Å². The molecule has 1 atom stereocenters. The maximum Gasteiger partial charge on any atom is 0.416 e. The molecule has 29 heavy (non-hydrogen) atoms. The number of benzene rings is 1. The molecule has 1 aromatic heterocycles. The van der Waals surface area contributed by atoms with Crippen LogP contribution in [0, 0.1) is 6.92 Å². The van der Waals surface area contributed by atoms with E-state index in [4.69, 9.17) is 5.73 Å². The number of phenolic OH excluding ortho intramolecular Hbond substituents is 1. The number of hydrogen-bond donors (Lipinski definition) is 2. The van der Waals surface area contributed by atoms with Crippen LogP contribution in [0.2, 0.25) is 0 Å². The summed E-state index contributed by atoms with van der Waals surface area (Å²) in [6.07, 6.45) is -3.56. The van der Waals surface area contributed by atoms with E-state index >= 15 is 0 Å². The zero-order valence-corrected chi connectivity index (χ0v) is 15.9. The van der Waals surface area contributed by atoms with Gasteiger partial charge in [0.25, 0.3) is 0 Å². The summed E-state index contributed by atoms with van der Waals surface area (Å²) in [4.78, 5) is 17.3. The molecule has 1 aliphatic rings. The number of likely N-dealkylation sites (N-methyl/N-ethyl adjacent to an activating group) is 1. The van der Waals surface area contributed by atoms with Gasteiger partial charge in [0.2, 0.25) is 5.91 Å². The zero-order chi connectivity index (χ0) is 21.3. The molecule has 10 heteroatoms. The van der Waals surface area contributed by atoms with Crippen molar-refractivity contribution in [2.45, 2.75) is 32.0 Å². The van der Waals surface area contributed by atoms with Crippen LogP contribution in [0.5, 0.6) is 5.75 Å². The second kappa shape index (κ2) is 7.69. The Morgan fingerprint density at radius 1 is 1.31 bits per heavy atom. The molecular formula is C19H20F3N5O2. The van der Waals surface area contributed by atoms with E-state index in [9.17, 15) is 23.1 Å². The van der Waals surface area contributed by atoms with E-state index in [2.05, 4.69) is 15.2 Å². The molecule has 1 aliphatic heterocycles. The van der Waals surface area contributed by atoms with Gasteiger partial charge in [0.1, 0.15) is 11.4 Å². The molecule has 2 aromatic rings. The van der Waals surface area contributed by atoms with E-state index in [0.717, 1.165) is 6.07 Å². The van der Waals surface area contributed by atoms with E-state index in [1.54, 1.807) is 11.9 Å². The predicted molar refractivity (Wildman–Crippen MR) is 101 cm³/mol. The molecule has 1 saturated heterocycles. The van der Waals surface area contributed by atoms with Crippen molar-refractivity contribution in [3.8, 4) is 17.0 Å². The highest BCUT2D eigenvalue weighted by atomic mass is 19.4. The van der Waals surface area contributed by atoms with Crippen molar-refractivity contribution >= 4 is 17.4 Å². The molecule has 1 fully saturated rings. The minimum absolute atomic E-state index is 0.0326. The number of likely N-dealkylation sites (tertiary alicyclic amines) is 1. The molecule has 154 valence electrons. The van der Waals surface area contributed by atoms with Crippen LogP contribution in [0.15, 0.2) is 34.5 Å². The highest BCUT2D eigenvalue weighted by Gasteiger charge is 2.32. The first-order valence-electron chi connectivity index (χ1n) is 8.88. The van der Waals surface area contributed by atoms with Crippen LogP contribution in [-0.2, 0) is 11.0 Å². The summed E-state index contributed by atoms with van der Waals surface area (Å²) in [6, 6.07) is 4.51. The van der Waals surface area contributed by atoms with Gasteiger partial charge >= 0.3 is 6.18 Å². The lowest BCUT2D eigenvalue weighted by Gasteiger charge is -2.26. The van der Waals surface area contributed by atoms with E-state index in [-0.39, 0.29) is 34.6 Å². The number of nitrogens with two attached hydrogens (primary N) is 1. The molecule has 3 rings (SSSR count). The number of aromatic hydroxyl groups is 1. The summed E-state index contributed by atoms with van der Waals surface area (Å²) in [7, 11) is 1.70. The average Bonchev–Trinajstić information content (AvgIpc) is 2.62. The van der Waals surface area contributed by atoms with Crippen LogP contribution in [0.4, 0.5) is 24.7 Å². The van der Waals surface area contributed by atoms with Gasteiger partial charge < -0.3 is 15.7 Å². The molecule has 1 amide bonds. The van der Waals surface area contributed by atoms with Gasteiger partial charge in [-0.15, -0.1) is 0 Å². The molecule has 1 unspecified atom stereocenters. The maximum absolute atomic E-state index is 12.9. The lowest BCUT2D eigenvalue weighted by Crippen LogP contribution is -2.38. The van der Waals surface area contributed by atoms with Crippen molar-refractivity contribution in [1.82, 2.24) is 9.88 Å². The number of piperidine rings is 1. The molecule has 7 nitrogen and oxygen atoms in total. The average molecular weight is 407 g/mol. The van der Waals surface area contributed by atoms with E-state index in [0.29, 0.717) is 31.1 Å². The SMILES string of the molecule is Cc1cc(C(F)(F)F)cc(O)c1-c1ccc(N=NC2CCC(=O)N(C)C2)c(N)n1. The number of aromatic nitrogens is 1. The zero-order valence-electron chi connectivity index (χ0n) is 15.9. The van der Waals surface area contributed by atoms with Crippen molar-refractivity contribution < 1.29 is 23.1 Å². The quantitative estimate of drug-likeness (QED) is 0.749. The van der Waals surface area contributed by atoms with Gasteiger partial charge in [-0.1, -0.05) is 0 Å². The van der Waals surface area contributed by atoms with Crippen LogP contribution in [0.25, 0.3) is 11.3 Å². The number of anilines is 1. The molecule has 0 bridgehead atoms. The molecule has 3 N–H and O–H groups in total. The molecule has 0 spiro atoms. The number of carbonyl (C=O) groups excluding carboxylic acids is 1. The number of hydrogen-bond acceptors (Lipinski definition) is 6. The van der Waals surface area contributed by atoms with E-state index < -0.39 is 17.5 Å². The second-order valence-corrected chi connectivity index (χ2v) is 6.97. The standard InChI is InChI=1S/C19H20F3N5O2/c1-10-7-11(19(20,21)22)8-15(28)17(10)13-4-5-14(18(23)24-13)26-25-12-3-6-16(29)27(2)9-12/h4-5,7-8,12,28H,3,6,9H2,1-2H3,(H2,23,24). The molecule has 0 aliphatic carbocycles. The number of nitrogen functional groups attached to an aromatic ring is 1. The summed E-state index contributed by atoms with van der Waals surface area (Å²) in [5, 5.41) is 18.4. The fourth-order valence-corrected chi connectivity index (χ4v) is 3.19. The number of phenols is 1. The number of nitrogens with zero attached hydrogens (tertiary/aromatic N) is 4. The molecule has 0 saturated carbocycles. The summed E-state index contributed by atoms with van der Waals surface area (Å²) in [5.41, 5.74) is 5.91. The van der Waals surface area contributed by atoms with Gasteiger partial charge in [-0.05, 0) is 43.2 Å². The van der Waals surface area contributed by atoms with E-state index in [1.807, 2.05) is 0 Å². The van der Waals surface area contributed by atoms with Gasteiger partial charge in [0.05, 0.1) is 17.3 Å². The van der Waals surface area contributed by atoms with Crippen molar-refractivity contribution in [3.05, 3.63) is 35.4 Å². The highest BCUT2D eigenvalue weighted by molar-refractivity contribution is 5.77.